The molecule has 0 saturated carbocycles. The average Bonchev–Trinajstić information content (AvgIpc) is 2.88. The molecule has 1 N–H and O–H groups in total. The Labute approximate surface area is 116 Å². The van der Waals surface area contributed by atoms with Crippen LogP contribution in [0.3, 0.4) is 0 Å². The third-order valence-electron chi connectivity index (χ3n) is 2.26. The fourth-order valence-corrected chi connectivity index (χ4v) is 1.78. The Hall–Kier alpha value is -2.22. The fraction of sp³-hybridized carbons (Fsp3) is 0.0833. The molecule has 2 rings (SSSR count). The molecular weight excluding hydrogens is 291 g/mol. The number of hydrogen-bond donors (Lipinski definition) is 1. The number of amides is 1. The Balaban J connectivity index is 1.99. The molecule has 20 heavy (non-hydrogen) atoms. The number of halogens is 3. The van der Waals surface area contributed by atoms with E-state index in [1.165, 1.54) is 29.8 Å². The Morgan fingerprint density at radius 3 is 2.50 bits per heavy atom. The minimum atomic E-state index is -4.36. The summed E-state index contributed by atoms with van der Waals surface area (Å²) in [7, 11) is 0. The van der Waals surface area contributed by atoms with Crippen LogP contribution < -0.4 is 5.32 Å². The predicted molar refractivity (Wildman–Crippen MR) is 69.0 cm³/mol. The molecule has 1 heterocycles. The largest absolute Gasteiger partial charge is 0.416 e. The topological polar surface area (TPSA) is 54.9 Å². The standard InChI is InChI=1S/C12H8F3N3OS/c13-12(14,15)9-4-1-8(2-5-9)3-6-10(19)17-11-18-16-7-20-11/h1-7H,(H,17,18,19)/b6-3+. The van der Waals surface area contributed by atoms with Crippen molar-refractivity contribution >= 4 is 28.5 Å². The van der Waals surface area contributed by atoms with Crippen LogP contribution in [0.2, 0.25) is 0 Å². The number of benzene rings is 1. The van der Waals surface area contributed by atoms with E-state index in [2.05, 4.69) is 15.5 Å². The summed E-state index contributed by atoms with van der Waals surface area (Å²) in [6, 6.07) is 4.50. The molecule has 1 amide bonds. The van der Waals surface area contributed by atoms with E-state index in [0.717, 1.165) is 23.5 Å². The minimum Gasteiger partial charge on any atom is -0.297 e. The summed E-state index contributed by atoms with van der Waals surface area (Å²) in [4.78, 5) is 11.5. The lowest BCUT2D eigenvalue weighted by atomic mass is 10.1. The number of nitrogens with zero attached hydrogens (tertiary/aromatic N) is 2. The van der Waals surface area contributed by atoms with Crippen LogP contribution in [0.15, 0.2) is 35.9 Å². The first-order chi connectivity index (χ1) is 9.45. The van der Waals surface area contributed by atoms with E-state index < -0.39 is 17.6 Å². The zero-order chi connectivity index (χ0) is 14.6. The Morgan fingerprint density at radius 2 is 1.95 bits per heavy atom. The van der Waals surface area contributed by atoms with Crippen LogP contribution in [-0.4, -0.2) is 16.1 Å². The molecule has 4 nitrogen and oxygen atoms in total. The Bertz CT molecular complexity index is 606. The van der Waals surface area contributed by atoms with Crippen molar-refractivity contribution in [2.75, 3.05) is 5.32 Å². The second-order valence-corrected chi connectivity index (χ2v) is 4.52. The highest BCUT2D eigenvalue weighted by Crippen LogP contribution is 2.29. The molecule has 0 atom stereocenters. The summed E-state index contributed by atoms with van der Waals surface area (Å²) in [6.07, 6.45) is -1.74. The van der Waals surface area contributed by atoms with Crippen molar-refractivity contribution in [3.05, 3.63) is 47.0 Å². The van der Waals surface area contributed by atoms with Crippen molar-refractivity contribution < 1.29 is 18.0 Å². The molecular formula is C12H8F3N3OS. The van der Waals surface area contributed by atoms with Gasteiger partial charge in [-0.25, -0.2) is 0 Å². The van der Waals surface area contributed by atoms with Crippen molar-refractivity contribution in [3.63, 3.8) is 0 Å². The van der Waals surface area contributed by atoms with Gasteiger partial charge in [-0.15, -0.1) is 10.2 Å². The maximum Gasteiger partial charge on any atom is 0.416 e. The van der Waals surface area contributed by atoms with Gasteiger partial charge in [0.15, 0.2) is 0 Å². The lowest BCUT2D eigenvalue weighted by molar-refractivity contribution is -0.137. The van der Waals surface area contributed by atoms with Crippen LogP contribution in [-0.2, 0) is 11.0 Å². The van der Waals surface area contributed by atoms with Crippen molar-refractivity contribution in [1.29, 1.82) is 0 Å². The molecule has 0 spiro atoms. The third kappa shape index (κ3) is 3.89. The molecule has 8 heteroatoms. The second-order valence-electron chi connectivity index (χ2n) is 3.69. The molecule has 0 saturated heterocycles. The summed E-state index contributed by atoms with van der Waals surface area (Å²) in [5.74, 6) is -0.429. The van der Waals surface area contributed by atoms with Gasteiger partial charge in [-0.1, -0.05) is 23.5 Å². The number of carbonyl (C=O) groups excluding carboxylic acids is 1. The number of hydrogen-bond acceptors (Lipinski definition) is 4. The summed E-state index contributed by atoms with van der Waals surface area (Å²) in [5, 5.41) is 10.00. The van der Waals surface area contributed by atoms with Crippen molar-refractivity contribution in [3.8, 4) is 0 Å². The highest BCUT2D eigenvalue weighted by Gasteiger charge is 2.29. The molecule has 0 fully saturated rings. The van der Waals surface area contributed by atoms with Gasteiger partial charge in [-0.05, 0) is 23.8 Å². The van der Waals surface area contributed by atoms with E-state index in [-0.39, 0.29) is 0 Å². The molecule has 0 aliphatic rings. The summed E-state index contributed by atoms with van der Waals surface area (Å²) in [5.41, 5.74) is 1.23. The first-order valence-electron chi connectivity index (χ1n) is 5.37. The minimum absolute atomic E-state index is 0.354. The predicted octanol–water partition coefficient (Wildman–Crippen LogP) is 3.21. The first-order valence-corrected chi connectivity index (χ1v) is 6.25. The molecule has 2 aromatic rings. The summed E-state index contributed by atoms with van der Waals surface area (Å²) >= 11 is 1.16. The number of aromatic nitrogens is 2. The SMILES string of the molecule is O=C(/C=C/c1ccc(C(F)(F)F)cc1)Nc1nncs1. The van der Waals surface area contributed by atoms with E-state index in [4.69, 9.17) is 0 Å². The zero-order valence-corrected chi connectivity index (χ0v) is 10.7. The Kier molecular flexibility index (Phi) is 4.14. The second kappa shape index (κ2) is 5.83. The van der Waals surface area contributed by atoms with E-state index >= 15 is 0 Å². The molecule has 1 aromatic heterocycles. The number of anilines is 1. The van der Waals surface area contributed by atoms with Crippen LogP contribution in [0.5, 0.6) is 0 Å². The van der Waals surface area contributed by atoms with E-state index in [9.17, 15) is 18.0 Å². The van der Waals surface area contributed by atoms with E-state index in [1.54, 1.807) is 0 Å². The van der Waals surface area contributed by atoms with Gasteiger partial charge < -0.3 is 0 Å². The number of rotatable bonds is 3. The molecule has 0 unspecified atom stereocenters. The first kappa shape index (κ1) is 14.2. The van der Waals surface area contributed by atoms with Crippen LogP contribution in [0.1, 0.15) is 11.1 Å². The normalized spacial score (nSPS) is 11.8. The lowest BCUT2D eigenvalue weighted by Crippen LogP contribution is -2.07. The third-order valence-corrected chi connectivity index (χ3v) is 2.86. The van der Waals surface area contributed by atoms with Crippen molar-refractivity contribution in [2.45, 2.75) is 6.18 Å². The monoisotopic (exact) mass is 299 g/mol. The molecule has 0 aliphatic carbocycles. The number of alkyl halides is 3. The van der Waals surface area contributed by atoms with Crippen LogP contribution >= 0.6 is 11.3 Å². The maximum atomic E-state index is 12.4. The molecule has 0 bridgehead atoms. The summed E-state index contributed by atoms with van der Waals surface area (Å²) in [6.45, 7) is 0. The summed E-state index contributed by atoms with van der Waals surface area (Å²) < 4.78 is 37.1. The molecule has 1 aromatic carbocycles. The van der Waals surface area contributed by atoms with Gasteiger partial charge in [0.25, 0.3) is 0 Å². The van der Waals surface area contributed by atoms with Gasteiger partial charge in [0.05, 0.1) is 5.56 Å². The zero-order valence-electron chi connectivity index (χ0n) is 9.89. The van der Waals surface area contributed by atoms with E-state index in [0.29, 0.717) is 10.7 Å². The van der Waals surface area contributed by atoms with Crippen molar-refractivity contribution in [1.82, 2.24) is 10.2 Å². The molecule has 0 radical (unpaired) electrons. The highest BCUT2D eigenvalue weighted by molar-refractivity contribution is 7.13. The Morgan fingerprint density at radius 1 is 1.25 bits per heavy atom. The van der Waals surface area contributed by atoms with Crippen LogP contribution in [0, 0.1) is 0 Å². The highest BCUT2D eigenvalue weighted by atomic mass is 32.1. The van der Waals surface area contributed by atoms with Gasteiger partial charge in [0.1, 0.15) is 5.51 Å². The number of nitrogens with one attached hydrogen (secondary N) is 1. The van der Waals surface area contributed by atoms with Gasteiger partial charge in [0.2, 0.25) is 11.0 Å². The quantitative estimate of drug-likeness (QED) is 0.885. The van der Waals surface area contributed by atoms with Crippen LogP contribution in [0.4, 0.5) is 18.3 Å². The van der Waals surface area contributed by atoms with E-state index in [1.807, 2.05) is 0 Å². The maximum absolute atomic E-state index is 12.4. The molecule has 104 valence electrons. The number of carbonyl (C=O) groups is 1. The van der Waals surface area contributed by atoms with Gasteiger partial charge >= 0.3 is 6.18 Å². The van der Waals surface area contributed by atoms with Gasteiger partial charge in [-0.2, -0.15) is 13.2 Å². The fourth-order valence-electron chi connectivity index (χ4n) is 1.33. The molecule has 0 aliphatic heterocycles. The lowest BCUT2D eigenvalue weighted by Gasteiger charge is -2.05. The smallest absolute Gasteiger partial charge is 0.297 e. The van der Waals surface area contributed by atoms with Gasteiger partial charge in [0, 0.05) is 6.08 Å². The average molecular weight is 299 g/mol. The van der Waals surface area contributed by atoms with Gasteiger partial charge in [-0.3, -0.25) is 10.1 Å². The van der Waals surface area contributed by atoms with Crippen molar-refractivity contribution in [2.24, 2.45) is 0 Å². The van der Waals surface area contributed by atoms with Crippen LogP contribution in [0.25, 0.3) is 6.08 Å².